The van der Waals surface area contributed by atoms with Gasteiger partial charge in [-0.3, -0.25) is 4.79 Å². The van der Waals surface area contributed by atoms with Gasteiger partial charge in [0.25, 0.3) is 0 Å². The Morgan fingerprint density at radius 2 is 1.86 bits per heavy atom. The van der Waals surface area contributed by atoms with Crippen LogP contribution in [0, 0.1) is 0 Å². The topological polar surface area (TPSA) is 36.4 Å². The summed E-state index contributed by atoms with van der Waals surface area (Å²) in [6.45, 7) is 2.16. The van der Waals surface area contributed by atoms with Crippen LogP contribution in [0.3, 0.4) is 0 Å². The van der Waals surface area contributed by atoms with Crippen LogP contribution in [0.15, 0.2) is 48.7 Å². The number of hydrogen-bond donors (Lipinski definition) is 0. The standard InChI is InChI=1S/C20H19ClF3N3O/c21-17-5-2-1-4-15(17)6-9-19(28)27-11-3-10-26(12-13-27)18-8-7-16(14-25-18)20(22,23)24/h1-2,4-9,14H,3,10-13H2/b9-6+. The summed E-state index contributed by atoms with van der Waals surface area (Å²) in [5.41, 5.74) is -0.00416. The van der Waals surface area contributed by atoms with Crippen molar-refractivity contribution in [2.75, 3.05) is 31.1 Å². The lowest BCUT2D eigenvalue weighted by atomic mass is 10.2. The van der Waals surface area contributed by atoms with E-state index in [1.165, 1.54) is 12.1 Å². The van der Waals surface area contributed by atoms with Gasteiger partial charge in [-0.2, -0.15) is 13.2 Å². The molecule has 2 heterocycles. The first-order valence-electron chi connectivity index (χ1n) is 8.84. The number of alkyl halides is 3. The number of carbonyl (C=O) groups is 1. The molecule has 1 amide bonds. The molecule has 0 spiro atoms. The van der Waals surface area contributed by atoms with Crippen molar-refractivity contribution in [1.29, 1.82) is 0 Å². The highest BCUT2D eigenvalue weighted by atomic mass is 35.5. The Morgan fingerprint density at radius 3 is 2.54 bits per heavy atom. The Labute approximate surface area is 166 Å². The predicted octanol–water partition coefficient (Wildman–Crippen LogP) is 4.51. The Balaban J connectivity index is 1.61. The third-order valence-electron chi connectivity index (χ3n) is 4.52. The first kappa shape index (κ1) is 20.2. The summed E-state index contributed by atoms with van der Waals surface area (Å²) in [6.07, 6.45) is 0.323. The largest absolute Gasteiger partial charge is 0.417 e. The molecule has 1 fully saturated rings. The molecule has 3 rings (SSSR count). The Kier molecular flexibility index (Phi) is 6.24. The maximum Gasteiger partial charge on any atom is 0.417 e. The van der Waals surface area contributed by atoms with E-state index in [1.54, 1.807) is 17.0 Å². The van der Waals surface area contributed by atoms with E-state index in [0.717, 1.165) is 17.8 Å². The van der Waals surface area contributed by atoms with Gasteiger partial charge < -0.3 is 9.80 Å². The molecule has 0 unspecified atom stereocenters. The van der Waals surface area contributed by atoms with Crippen LogP contribution >= 0.6 is 11.6 Å². The lowest BCUT2D eigenvalue weighted by Crippen LogP contribution is -2.34. The van der Waals surface area contributed by atoms with Gasteiger partial charge in [0.2, 0.25) is 5.91 Å². The molecular weight excluding hydrogens is 391 g/mol. The van der Waals surface area contributed by atoms with Crippen LogP contribution in [0.5, 0.6) is 0 Å². The molecule has 0 aliphatic carbocycles. The summed E-state index contributed by atoms with van der Waals surface area (Å²) in [5, 5.41) is 0.571. The van der Waals surface area contributed by atoms with Crippen molar-refractivity contribution in [3.63, 3.8) is 0 Å². The molecule has 0 saturated carbocycles. The smallest absolute Gasteiger partial charge is 0.355 e. The van der Waals surface area contributed by atoms with E-state index < -0.39 is 11.7 Å². The van der Waals surface area contributed by atoms with Gasteiger partial charge in [-0.05, 0) is 36.3 Å². The lowest BCUT2D eigenvalue weighted by molar-refractivity contribution is -0.137. The number of benzene rings is 1. The first-order valence-corrected chi connectivity index (χ1v) is 9.22. The van der Waals surface area contributed by atoms with Crippen molar-refractivity contribution < 1.29 is 18.0 Å². The molecule has 1 aliphatic heterocycles. The van der Waals surface area contributed by atoms with E-state index in [0.29, 0.717) is 43.4 Å². The van der Waals surface area contributed by atoms with E-state index in [-0.39, 0.29) is 5.91 Å². The van der Waals surface area contributed by atoms with Crippen LogP contribution < -0.4 is 4.90 Å². The molecule has 0 atom stereocenters. The summed E-state index contributed by atoms with van der Waals surface area (Å²) < 4.78 is 38.0. The first-order chi connectivity index (χ1) is 13.3. The van der Waals surface area contributed by atoms with Crippen molar-refractivity contribution in [2.24, 2.45) is 0 Å². The summed E-state index contributed by atoms with van der Waals surface area (Å²) in [4.78, 5) is 20.0. The van der Waals surface area contributed by atoms with E-state index in [2.05, 4.69) is 4.98 Å². The minimum absolute atomic E-state index is 0.123. The fraction of sp³-hybridized carbons (Fsp3) is 0.300. The second kappa shape index (κ2) is 8.65. The van der Waals surface area contributed by atoms with Crippen LogP contribution in [0.25, 0.3) is 6.08 Å². The number of nitrogens with zero attached hydrogens (tertiary/aromatic N) is 3. The highest BCUT2D eigenvalue weighted by molar-refractivity contribution is 6.32. The third-order valence-corrected chi connectivity index (χ3v) is 4.86. The van der Waals surface area contributed by atoms with E-state index in [4.69, 9.17) is 11.6 Å². The van der Waals surface area contributed by atoms with Gasteiger partial charge in [0.15, 0.2) is 0 Å². The molecular formula is C20H19ClF3N3O. The molecule has 4 nitrogen and oxygen atoms in total. The van der Waals surface area contributed by atoms with Gasteiger partial charge in [0.1, 0.15) is 5.82 Å². The molecule has 2 aromatic rings. The van der Waals surface area contributed by atoms with Crippen molar-refractivity contribution in [3.05, 3.63) is 64.8 Å². The van der Waals surface area contributed by atoms with Crippen LogP contribution in [0.1, 0.15) is 17.5 Å². The molecule has 0 radical (unpaired) electrons. The van der Waals surface area contributed by atoms with Gasteiger partial charge in [-0.15, -0.1) is 0 Å². The quantitative estimate of drug-likeness (QED) is 0.700. The van der Waals surface area contributed by atoms with Crippen LogP contribution in [-0.4, -0.2) is 42.0 Å². The van der Waals surface area contributed by atoms with Gasteiger partial charge in [-0.1, -0.05) is 29.8 Å². The molecule has 1 saturated heterocycles. The fourth-order valence-corrected chi connectivity index (χ4v) is 3.18. The highest BCUT2D eigenvalue weighted by Gasteiger charge is 2.31. The highest BCUT2D eigenvalue weighted by Crippen LogP contribution is 2.29. The number of rotatable bonds is 3. The Hall–Kier alpha value is -2.54. The van der Waals surface area contributed by atoms with E-state index in [1.807, 2.05) is 23.1 Å². The maximum absolute atomic E-state index is 12.7. The number of amides is 1. The number of pyridine rings is 1. The molecule has 0 N–H and O–H groups in total. The molecule has 1 aromatic heterocycles. The number of carbonyl (C=O) groups excluding carboxylic acids is 1. The second-order valence-electron chi connectivity index (χ2n) is 6.42. The molecule has 28 heavy (non-hydrogen) atoms. The zero-order valence-electron chi connectivity index (χ0n) is 15.0. The third kappa shape index (κ3) is 5.04. The minimum atomic E-state index is -4.40. The zero-order chi connectivity index (χ0) is 20.1. The van der Waals surface area contributed by atoms with Gasteiger partial charge in [0.05, 0.1) is 5.56 Å². The predicted molar refractivity (Wildman–Crippen MR) is 103 cm³/mol. The zero-order valence-corrected chi connectivity index (χ0v) is 15.7. The average Bonchev–Trinajstić information content (AvgIpc) is 2.93. The monoisotopic (exact) mass is 409 g/mol. The Bertz CT molecular complexity index is 853. The van der Waals surface area contributed by atoms with Gasteiger partial charge in [0, 0.05) is 43.5 Å². The second-order valence-corrected chi connectivity index (χ2v) is 6.83. The van der Waals surface area contributed by atoms with Crippen LogP contribution in [-0.2, 0) is 11.0 Å². The minimum Gasteiger partial charge on any atom is -0.355 e. The number of hydrogen-bond acceptors (Lipinski definition) is 3. The van der Waals surface area contributed by atoms with Crippen LogP contribution in [0.4, 0.5) is 19.0 Å². The number of aromatic nitrogens is 1. The molecule has 1 aromatic carbocycles. The molecule has 148 valence electrons. The summed E-state index contributed by atoms with van der Waals surface area (Å²) in [5.74, 6) is 0.357. The normalized spacial score (nSPS) is 15.7. The Morgan fingerprint density at radius 1 is 1.07 bits per heavy atom. The summed E-state index contributed by atoms with van der Waals surface area (Å²) in [7, 11) is 0. The SMILES string of the molecule is O=C(/C=C/c1ccccc1Cl)N1CCCN(c2ccc(C(F)(F)F)cn2)CC1. The fourth-order valence-electron chi connectivity index (χ4n) is 2.98. The summed E-state index contributed by atoms with van der Waals surface area (Å²) >= 11 is 6.09. The van der Waals surface area contributed by atoms with Crippen LogP contribution in [0.2, 0.25) is 5.02 Å². The lowest BCUT2D eigenvalue weighted by Gasteiger charge is -2.22. The average molecular weight is 410 g/mol. The molecule has 8 heteroatoms. The molecule has 1 aliphatic rings. The van der Waals surface area contributed by atoms with Gasteiger partial charge in [-0.25, -0.2) is 4.98 Å². The van der Waals surface area contributed by atoms with Crippen molar-refractivity contribution >= 4 is 29.4 Å². The van der Waals surface area contributed by atoms with E-state index in [9.17, 15) is 18.0 Å². The van der Waals surface area contributed by atoms with E-state index >= 15 is 0 Å². The van der Waals surface area contributed by atoms with Crippen molar-refractivity contribution in [1.82, 2.24) is 9.88 Å². The molecule has 0 bridgehead atoms. The summed E-state index contributed by atoms with van der Waals surface area (Å²) in [6, 6.07) is 9.65. The van der Waals surface area contributed by atoms with Crippen molar-refractivity contribution in [3.8, 4) is 0 Å². The number of halogens is 4. The van der Waals surface area contributed by atoms with Gasteiger partial charge >= 0.3 is 6.18 Å². The number of anilines is 1. The van der Waals surface area contributed by atoms with Crippen molar-refractivity contribution in [2.45, 2.75) is 12.6 Å². The maximum atomic E-state index is 12.7.